The highest BCUT2D eigenvalue weighted by atomic mass is 35.5. The molecule has 4 heteroatoms. The fourth-order valence-electron chi connectivity index (χ4n) is 1.33. The number of nitrogens with zero attached hydrogens (tertiary/aromatic N) is 1. The van der Waals surface area contributed by atoms with Gasteiger partial charge in [0, 0.05) is 30.1 Å². The number of aromatic nitrogens is 1. The number of rotatable bonds is 6. The van der Waals surface area contributed by atoms with E-state index in [1.807, 2.05) is 23.9 Å². The van der Waals surface area contributed by atoms with Gasteiger partial charge in [-0.3, -0.25) is 0 Å². The van der Waals surface area contributed by atoms with Crippen molar-refractivity contribution in [2.24, 2.45) is 0 Å². The van der Waals surface area contributed by atoms with E-state index in [2.05, 4.69) is 23.5 Å². The summed E-state index contributed by atoms with van der Waals surface area (Å²) < 4.78 is 0. The first-order valence-electron chi connectivity index (χ1n) is 5.09. The Balaban J connectivity index is 2.45. The molecule has 0 aromatic carbocycles. The van der Waals surface area contributed by atoms with Crippen LogP contribution in [0.2, 0.25) is 5.15 Å². The van der Waals surface area contributed by atoms with E-state index in [1.54, 1.807) is 6.20 Å². The molecule has 0 aliphatic heterocycles. The van der Waals surface area contributed by atoms with Crippen molar-refractivity contribution >= 4 is 23.4 Å². The Labute approximate surface area is 101 Å². The van der Waals surface area contributed by atoms with Crippen LogP contribution < -0.4 is 5.32 Å². The van der Waals surface area contributed by atoms with Crippen molar-refractivity contribution in [2.45, 2.75) is 25.9 Å². The minimum Gasteiger partial charge on any atom is -0.309 e. The lowest BCUT2D eigenvalue weighted by Crippen LogP contribution is -2.30. The molecule has 2 nitrogen and oxygen atoms in total. The van der Waals surface area contributed by atoms with E-state index in [0.29, 0.717) is 11.2 Å². The van der Waals surface area contributed by atoms with Gasteiger partial charge in [-0.05, 0) is 18.7 Å². The summed E-state index contributed by atoms with van der Waals surface area (Å²) in [6.45, 7) is 2.99. The molecule has 1 N–H and O–H groups in total. The highest BCUT2D eigenvalue weighted by Gasteiger charge is 2.06. The van der Waals surface area contributed by atoms with Gasteiger partial charge in [-0.2, -0.15) is 11.8 Å². The average molecular weight is 245 g/mol. The van der Waals surface area contributed by atoms with Crippen molar-refractivity contribution in [1.29, 1.82) is 0 Å². The summed E-state index contributed by atoms with van der Waals surface area (Å²) in [7, 11) is 0. The Hall–Kier alpha value is -0.250. The molecule has 84 valence electrons. The molecule has 0 aliphatic carbocycles. The van der Waals surface area contributed by atoms with Gasteiger partial charge in [0.15, 0.2) is 0 Å². The Morgan fingerprint density at radius 3 is 3.00 bits per heavy atom. The van der Waals surface area contributed by atoms with Crippen LogP contribution in [0.15, 0.2) is 18.3 Å². The van der Waals surface area contributed by atoms with Gasteiger partial charge in [0.05, 0.1) is 0 Å². The molecule has 1 heterocycles. The van der Waals surface area contributed by atoms with Crippen LogP contribution in [0.25, 0.3) is 0 Å². The van der Waals surface area contributed by atoms with Crippen molar-refractivity contribution in [3.63, 3.8) is 0 Å². The third-order valence-electron chi connectivity index (χ3n) is 2.28. The minimum atomic E-state index is 0.552. The van der Waals surface area contributed by atoms with Crippen molar-refractivity contribution < 1.29 is 0 Å². The number of nitrogens with one attached hydrogen (secondary N) is 1. The molecule has 1 rings (SSSR count). The van der Waals surface area contributed by atoms with Crippen molar-refractivity contribution in [3.8, 4) is 0 Å². The van der Waals surface area contributed by atoms with Gasteiger partial charge in [0.1, 0.15) is 5.15 Å². The normalized spacial score (nSPS) is 12.7. The van der Waals surface area contributed by atoms with Crippen LogP contribution in [-0.2, 0) is 6.54 Å². The molecule has 0 amide bonds. The molecular weight excluding hydrogens is 228 g/mol. The molecule has 1 atom stereocenters. The monoisotopic (exact) mass is 244 g/mol. The highest BCUT2D eigenvalue weighted by molar-refractivity contribution is 7.98. The summed E-state index contributed by atoms with van der Waals surface area (Å²) in [4.78, 5) is 4.05. The number of pyridine rings is 1. The van der Waals surface area contributed by atoms with Gasteiger partial charge in [0.2, 0.25) is 0 Å². The fraction of sp³-hybridized carbons (Fsp3) is 0.545. The lowest BCUT2D eigenvalue weighted by atomic mass is 10.2. The number of halogens is 1. The highest BCUT2D eigenvalue weighted by Crippen LogP contribution is 2.11. The van der Waals surface area contributed by atoms with E-state index in [9.17, 15) is 0 Å². The second-order valence-electron chi connectivity index (χ2n) is 3.39. The summed E-state index contributed by atoms with van der Waals surface area (Å²) in [6.07, 6.45) is 4.98. The fourth-order valence-corrected chi connectivity index (χ4v) is 2.27. The van der Waals surface area contributed by atoms with Crippen molar-refractivity contribution in [2.75, 3.05) is 12.0 Å². The van der Waals surface area contributed by atoms with Crippen LogP contribution >= 0.6 is 23.4 Å². The van der Waals surface area contributed by atoms with Crippen LogP contribution in [0.5, 0.6) is 0 Å². The van der Waals surface area contributed by atoms with Crippen molar-refractivity contribution in [3.05, 3.63) is 29.0 Å². The maximum atomic E-state index is 5.97. The third kappa shape index (κ3) is 4.41. The predicted molar refractivity (Wildman–Crippen MR) is 68.5 cm³/mol. The minimum absolute atomic E-state index is 0.552. The zero-order chi connectivity index (χ0) is 11.1. The molecule has 0 spiro atoms. The summed E-state index contributed by atoms with van der Waals surface area (Å²) in [5.41, 5.74) is 1.07. The quantitative estimate of drug-likeness (QED) is 0.779. The number of thioether (sulfide) groups is 1. The number of hydrogen-bond acceptors (Lipinski definition) is 3. The van der Waals surface area contributed by atoms with E-state index >= 15 is 0 Å². The molecule has 1 aromatic heterocycles. The summed E-state index contributed by atoms with van der Waals surface area (Å²) in [5, 5.41) is 4.08. The van der Waals surface area contributed by atoms with Gasteiger partial charge >= 0.3 is 0 Å². The van der Waals surface area contributed by atoms with Gasteiger partial charge < -0.3 is 5.32 Å². The van der Waals surface area contributed by atoms with Gasteiger partial charge in [-0.1, -0.05) is 24.6 Å². The van der Waals surface area contributed by atoms with Gasteiger partial charge in [0.25, 0.3) is 0 Å². The maximum Gasteiger partial charge on any atom is 0.133 e. The lowest BCUT2D eigenvalue weighted by Gasteiger charge is -2.15. The summed E-state index contributed by atoms with van der Waals surface area (Å²) in [5.74, 6) is 1.13. The molecule has 0 fully saturated rings. The van der Waals surface area contributed by atoms with E-state index in [4.69, 9.17) is 11.6 Å². The SMILES string of the molecule is CCC(CSC)NCc1cccnc1Cl. The first-order valence-corrected chi connectivity index (χ1v) is 6.86. The smallest absolute Gasteiger partial charge is 0.133 e. The largest absolute Gasteiger partial charge is 0.309 e. The molecule has 0 aliphatic rings. The summed E-state index contributed by atoms with van der Waals surface area (Å²) in [6, 6.07) is 4.48. The zero-order valence-electron chi connectivity index (χ0n) is 9.16. The van der Waals surface area contributed by atoms with Crippen LogP contribution in [0.1, 0.15) is 18.9 Å². The zero-order valence-corrected chi connectivity index (χ0v) is 10.7. The van der Waals surface area contributed by atoms with Crippen LogP contribution in [-0.4, -0.2) is 23.0 Å². The van der Waals surface area contributed by atoms with E-state index in [0.717, 1.165) is 24.3 Å². The Bertz CT molecular complexity index is 294. The molecule has 1 unspecified atom stereocenters. The molecule has 0 saturated heterocycles. The molecule has 15 heavy (non-hydrogen) atoms. The predicted octanol–water partition coefficient (Wildman–Crippen LogP) is 2.97. The first-order chi connectivity index (χ1) is 7.27. The summed E-state index contributed by atoms with van der Waals surface area (Å²) >= 11 is 7.83. The van der Waals surface area contributed by atoms with Gasteiger partial charge in [-0.25, -0.2) is 4.98 Å². The van der Waals surface area contributed by atoms with E-state index < -0.39 is 0 Å². The standard InChI is InChI=1S/C11H17ClN2S/c1-3-10(8-15-2)14-7-9-5-4-6-13-11(9)12/h4-6,10,14H,3,7-8H2,1-2H3. The van der Waals surface area contributed by atoms with Gasteiger partial charge in [-0.15, -0.1) is 0 Å². The topological polar surface area (TPSA) is 24.9 Å². The van der Waals surface area contributed by atoms with E-state index in [1.165, 1.54) is 0 Å². The van der Waals surface area contributed by atoms with Crippen LogP contribution in [0.4, 0.5) is 0 Å². The van der Waals surface area contributed by atoms with Crippen LogP contribution in [0, 0.1) is 0 Å². The Morgan fingerprint density at radius 1 is 1.60 bits per heavy atom. The second kappa shape index (κ2) is 7.09. The Morgan fingerprint density at radius 2 is 2.40 bits per heavy atom. The maximum absolute atomic E-state index is 5.97. The Kier molecular flexibility index (Phi) is 6.06. The molecular formula is C11H17ClN2S. The molecule has 0 radical (unpaired) electrons. The third-order valence-corrected chi connectivity index (χ3v) is 3.35. The first kappa shape index (κ1) is 12.8. The molecule has 0 saturated carbocycles. The van der Waals surface area contributed by atoms with Crippen molar-refractivity contribution in [1.82, 2.24) is 10.3 Å². The second-order valence-corrected chi connectivity index (χ2v) is 4.66. The molecule has 1 aromatic rings. The average Bonchev–Trinajstić information content (AvgIpc) is 2.26. The number of hydrogen-bond donors (Lipinski definition) is 1. The molecule has 0 bridgehead atoms. The van der Waals surface area contributed by atoms with Crippen LogP contribution in [0.3, 0.4) is 0 Å². The lowest BCUT2D eigenvalue weighted by molar-refractivity contribution is 0.541. The van der Waals surface area contributed by atoms with E-state index in [-0.39, 0.29) is 0 Å².